The SMILES string of the molecule is CNCc1ncc(C)c2ncoc12. The predicted molar refractivity (Wildman–Crippen MR) is 49.3 cm³/mol. The summed E-state index contributed by atoms with van der Waals surface area (Å²) in [6.45, 7) is 2.67. The van der Waals surface area contributed by atoms with Gasteiger partial charge in [0.15, 0.2) is 12.0 Å². The fourth-order valence-corrected chi connectivity index (χ4v) is 1.32. The third kappa shape index (κ3) is 1.29. The number of hydrogen-bond donors (Lipinski definition) is 1. The van der Waals surface area contributed by atoms with Gasteiger partial charge >= 0.3 is 0 Å². The van der Waals surface area contributed by atoms with Crippen LogP contribution in [-0.2, 0) is 6.54 Å². The number of oxazole rings is 1. The van der Waals surface area contributed by atoms with Crippen molar-refractivity contribution in [3.05, 3.63) is 23.8 Å². The molecule has 0 aliphatic heterocycles. The summed E-state index contributed by atoms with van der Waals surface area (Å²) in [5.74, 6) is 0. The van der Waals surface area contributed by atoms with Gasteiger partial charge in [0.2, 0.25) is 0 Å². The van der Waals surface area contributed by atoms with Crippen molar-refractivity contribution in [3.8, 4) is 0 Å². The van der Waals surface area contributed by atoms with Gasteiger partial charge in [-0.1, -0.05) is 0 Å². The Kier molecular flexibility index (Phi) is 1.98. The van der Waals surface area contributed by atoms with Crippen molar-refractivity contribution < 1.29 is 4.42 Å². The Labute approximate surface area is 76.0 Å². The minimum atomic E-state index is 0.700. The van der Waals surface area contributed by atoms with Crippen LogP contribution in [0.4, 0.5) is 0 Å². The van der Waals surface area contributed by atoms with Crippen LogP contribution < -0.4 is 5.32 Å². The number of pyridine rings is 1. The highest BCUT2D eigenvalue weighted by atomic mass is 16.3. The summed E-state index contributed by atoms with van der Waals surface area (Å²) in [6.07, 6.45) is 3.27. The smallest absolute Gasteiger partial charge is 0.182 e. The van der Waals surface area contributed by atoms with E-state index in [9.17, 15) is 0 Å². The number of nitrogens with one attached hydrogen (secondary N) is 1. The van der Waals surface area contributed by atoms with Crippen molar-refractivity contribution in [1.82, 2.24) is 15.3 Å². The monoisotopic (exact) mass is 177 g/mol. The fourth-order valence-electron chi connectivity index (χ4n) is 1.32. The first-order chi connectivity index (χ1) is 6.33. The van der Waals surface area contributed by atoms with E-state index in [1.54, 1.807) is 0 Å². The van der Waals surface area contributed by atoms with Crippen molar-refractivity contribution >= 4 is 11.1 Å². The number of aryl methyl sites for hydroxylation is 1. The van der Waals surface area contributed by atoms with Crippen molar-refractivity contribution in [2.24, 2.45) is 0 Å². The topological polar surface area (TPSA) is 51.0 Å². The highest BCUT2D eigenvalue weighted by Gasteiger charge is 2.08. The molecule has 2 aromatic heterocycles. The van der Waals surface area contributed by atoms with Crippen LogP contribution in [0.25, 0.3) is 11.1 Å². The van der Waals surface area contributed by atoms with Crippen LogP contribution in [0.2, 0.25) is 0 Å². The molecule has 0 saturated carbocycles. The van der Waals surface area contributed by atoms with Gasteiger partial charge in [0.1, 0.15) is 5.52 Å². The molecule has 1 N–H and O–H groups in total. The quantitative estimate of drug-likeness (QED) is 0.750. The van der Waals surface area contributed by atoms with Crippen LogP contribution in [0.3, 0.4) is 0 Å². The summed E-state index contributed by atoms with van der Waals surface area (Å²) in [7, 11) is 1.88. The van der Waals surface area contributed by atoms with Crippen LogP contribution in [0.1, 0.15) is 11.3 Å². The van der Waals surface area contributed by atoms with E-state index in [0.29, 0.717) is 6.54 Å². The minimum Gasteiger partial charge on any atom is -0.441 e. The summed E-state index contributed by atoms with van der Waals surface area (Å²) in [4.78, 5) is 8.40. The third-order valence-electron chi connectivity index (χ3n) is 1.96. The molecule has 0 saturated heterocycles. The zero-order chi connectivity index (χ0) is 9.26. The zero-order valence-electron chi connectivity index (χ0n) is 7.66. The Hall–Kier alpha value is -1.42. The maximum Gasteiger partial charge on any atom is 0.182 e. The van der Waals surface area contributed by atoms with Gasteiger partial charge in [0.05, 0.1) is 5.69 Å². The first kappa shape index (κ1) is 8.19. The maximum absolute atomic E-state index is 5.27. The molecule has 0 fully saturated rings. The average molecular weight is 177 g/mol. The van der Waals surface area contributed by atoms with Crippen molar-refractivity contribution in [2.75, 3.05) is 7.05 Å². The highest BCUT2D eigenvalue weighted by molar-refractivity contribution is 5.77. The van der Waals surface area contributed by atoms with Crippen molar-refractivity contribution in [3.63, 3.8) is 0 Å². The summed E-state index contributed by atoms with van der Waals surface area (Å²) >= 11 is 0. The van der Waals surface area contributed by atoms with Gasteiger partial charge < -0.3 is 9.73 Å². The van der Waals surface area contributed by atoms with Crippen LogP contribution in [-0.4, -0.2) is 17.0 Å². The molecule has 68 valence electrons. The molecule has 4 heteroatoms. The lowest BCUT2D eigenvalue weighted by atomic mass is 10.2. The van der Waals surface area contributed by atoms with E-state index in [0.717, 1.165) is 22.4 Å². The predicted octanol–water partition coefficient (Wildman–Crippen LogP) is 1.25. The Bertz CT molecular complexity index is 422. The minimum absolute atomic E-state index is 0.700. The van der Waals surface area contributed by atoms with Crippen molar-refractivity contribution in [2.45, 2.75) is 13.5 Å². The summed E-state index contributed by atoms with van der Waals surface area (Å²) in [6, 6.07) is 0. The lowest BCUT2D eigenvalue weighted by molar-refractivity contribution is 0.592. The molecule has 2 heterocycles. The first-order valence-electron chi connectivity index (χ1n) is 4.15. The Morgan fingerprint density at radius 1 is 1.46 bits per heavy atom. The lowest BCUT2D eigenvalue weighted by Gasteiger charge is -2.00. The fraction of sp³-hybridized carbons (Fsp3) is 0.333. The van der Waals surface area contributed by atoms with Gasteiger partial charge in [-0.2, -0.15) is 0 Å². The second-order valence-corrected chi connectivity index (χ2v) is 2.95. The molecule has 0 aliphatic rings. The van der Waals surface area contributed by atoms with Crippen molar-refractivity contribution in [1.29, 1.82) is 0 Å². The summed E-state index contributed by atoms with van der Waals surface area (Å²) < 4.78 is 5.27. The zero-order valence-corrected chi connectivity index (χ0v) is 7.66. The number of rotatable bonds is 2. The van der Waals surface area contributed by atoms with E-state index < -0.39 is 0 Å². The molecule has 0 aliphatic carbocycles. The molecule has 0 unspecified atom stereocenters. The van der Waals surface area contributed by atoms with E-state index in [1.165, 1.54) is 6.39 Å². The molecule has 2 rings (SSSR count). The van der Waals surface area contributed by atoms with E-state index >= 15 is 0 Å². The average Bonchev–Trinajstić information content (AvgIpc) is 2.59. The van der Waals surface area contributed by atoms with Gasteiger partial charge in [-0.15, -0.1) is 0 Å². The van der Waals surface area contributed by atoms with Crippen LogP contribution in [0, 0.1) is 6.92 Å². The van der Waals surface area contributed by atoms with Gasteiger partial charge in [0, 0.05) is 12.7 Å². The second-order valence-electron chi connectivity index (χ2n) is 2.95. The molecule has 0 aromatic carbocycles. The highest BCUT2D eigenvalue weighted by Crippen LogP contribution is 2.18. The molecule has 0 bridgehead atoms. The number of aromatic nitrogens is 2. The van der Waals surface area contributed by atoms with Crippen LogP contribution in [0.5, 0.6) is 0 Å². The normalized spacial score (nSPS) is 10.9. The number of fused-ring (bicyclic) bond motifs is 1. The molecular weight excluding hydrogens is 166 g/mol. The molecule has 0 amide bonds. The van der Waals surface area contributed by atoms with Crippen LogP contribution >= 0.6 is 0 Å². The van der Waals surface area contributed by atoms with Gasteiger partial charge in [-0.05, 0) is 19.5 Å². The Balaban J connectivity index is 2.64. The van der Waals surface area contributed by atoms with Gasteiger partial charge in [-0.3, -0.25) is 4.98 Å². The molecule has 4 nitrogen and oxygen atoms in total. The standard InChI is InChI=1S/C9H11N3O/c1-6-3-11-7(4-10-2)9-8(6)12-5-13-9/h3,5,10H,4H2,1-2H3. The Morgan fingerprint density at radius 2 is 2.31 bits per heavy atom. The third-order valence-corrected chi connectivity index (χ3v) is 1.96. The summed E-state index contributed by atoms with van der Waals surface area (Å²) in [5.41, 5.74) is 3.64. The first-order valence-corrected chi connectivity index (χ1v) is 4.15. The molecular formula is C9H11N3O. The van der Waals surface area contributed by atoms with E-state index in [-0.39, 0.29) is 0 Å². The lowest BCUT2D eigenvalue weighted by Crippen LogP contribution is -2.07. The van der Waals surface area contributed by atoms with Gasteiger partial charge in [0.25, 0.3) is 0 Å². The van der Waals surface area contributed by atoms with E-state index in [2.05, 4.69) is 15.3 Å². The summed E-state index contributed by atoms with van der Waals surface area (Å²) in [5, 5.41) is 3.04. The molecule has 13 heavy (non-hydrogen) atoms. The number of nitrogens with zero attached hydrogens (tertiary/aromatic N) is 2. The van der Waals surface area contributed by atoms with Gasteiger partial charge in [-0.25, -0.2) is 4.98 Å². The Morgan fingerprint density at radius 3 is 3.08 bits per heavy atom. The van der Waals surface area contributed by atoms with E-state index in [4.69, 9.17) is 4.42 Å². The van der Waals surface area contributed by atoms with Crippen LogP contribution in [0.15, 0.2) is 17.0 Å². The molecule has 0 atom stereocenters. The molecule has 2 aromatic rings. The second kappa shape index (κ2) is 3.14. The largest absolute Gasteiger partial charge is 0.441 e. The maximum atomic E-state index is 5.27. The molecule has 0 radical (unpaired) electrons. The van der Waals surface area contributed by atoms with E-state index in [1.807, 2.05) is 20.2 Å². The molecule has 0 spiro atoms. The number of hydrogen-bond acceptors (Lipinski definition) is 4.